The van der Waals surface area contributed by atoms with Crippen molar-refractivity contribution in [2.75, 3.05) is 18.2 Å². The molecule has 0 bridgehead atoms. The zero-order chi connectivity index (χ0) is 21.6. The summed E-state index contributed by atoms with van der Waals surface area (Å²) in [5.41, 5.74) is 7.05. The standard InChI is InChI=1S/C18H19ClFN3O3S3/c1-9-10(2)29-16(15(9)17(25)26-3)21-18(27)23-22-14(24)8-28-7-11-4-5-12(20)6-13(11)19/h4-6H,7-8H2,1-3H3,(H,22,24)(H2,21,23,27). The molecule has 3 N–H and O–H groups in total. The number of benzene rings is 1. The number of hydrogen-bond donors (Lipinski definition) is 3. The van der Waals surface area contributed by atoms with Crippen molar-refractivity contribution in [3.63, 3.8) is 0 Å². The number of thioether (sulfide) groups is 1. The fraction of sp³-hybridized carbons (Fsp3) is 0.278. The van der Waals surface area contributed by atoms with Crippen LogP contribution < -0.4 is 16.2 Å². The fourth-order valence-electron chi connectivity index (χ4n) is 2.25. The minimum absolute atomic E-state index is 0.135. The van der Waals surface area contributed by atoms with Crippen LogP contribution in [0.2, 0.25) is 5.02 Å². The number of halogens is 2. The van der Waals surface area contributed by atoms with Crippen molar-refractivity contribution in [1.82, 2.24) is 10.9 Å². The van der Waals surface area contributed by atoms with Crippen molar-refractivity contribution in [1.29, 1.82) is 0 Å². The Morgan fingerprint density at radius 3 is 2.69 bits per heavy atom. The van der Waals surface area contributed by atoms with Crippen LogP contribution in [0.1, 0.15) is 26.4 Å². The normalized spacial score (nSPS) is 10.4. The summed E-state index contributed by atoms with van der Waals surface area (Å²) < 4.78 is 17.8. The Balaban J connectivity index is 1.81. The Morgan fingerprint density at radius 2 is 2.03 bits per heavy atom. The Labute approximate surface area is 186 Å². The second-order valence-corrected chi connectivity index (χ2v) is 8.86. The third kappa shape index (κ3) is 6.56. The zero-order valence-electron chi connectivity index (χ0n) is 15.9. The molecule has 0 fully saturated rings. The van der Waals surface area contributed by atoms with Crippen LogP contribution in [-0.4, -0.2) is 29.9 Å². The topological polar surface area (TPSA) is 79.5 Å². The largest absolute Gasteiger partial charge is 0.465 e. The minimum Gasteiger partial charge on any atom is -0.465 e. The molecule has 1 heterocycles. The number of aryl methyl sites for hydroxylation is 1. The number of carbonyl (C=O) groups excluding carboxylic acids is 2. The van der Waals surface area contributed by atoms with Gasteiger partial charge in [0.05, 0.1) is 18.4 Å². The molecule has 1 aromatic carbocycles. The van der Waals surface area contributed by atoms with Crippen molar-refractivity contribution >= 4 is 68.9 Å². The molecule has 0 aliphatic heterocycles. The van der Waals surface area contributed by atoms with Gasteiger partial charge in [0, 0.05) is 15.7 Å². The minimum atomic E-state index is -0.461. The van der Waals surface area contributed by atoms with E-state index >= 15 is 0 Å². The SMILES string of the molecule is COC(=O)c1c(NC(=S)NNC(=O)CSCc2ccc(F)cc2Cl)sc(C)c1C. The first-order chi connectivity index (χ1) is 13.7. The lowest BCUT2D eigenvalue weighted by molar-refractivity contribution is -0.119. The number of rotatable bonds is 6. The van der Waals surface area contributed by atoms with E-state index in [1.807, 2.05) is 13.8 Å². The van der Waals surface area contributed by atoms with E-state index in [9.17, 15) is 14.0 Å². The number of thiophene rings is 1. The van der Waals surface area contributed by atoms with Gasteiger partial charge in [0.25, 0.3) is 0 Å². The summed E-state index contributed by atoms with van der Waals surface area (Å²) in [5, 5.41) is 3.90. The van der Waals surface area contributed by atoms with Crippen LogP contribution in [0, 0.1) is 19.7 Å². The van der Waals surface area contributed by atoms with E-state index in [-0.39, 0.29) is 16.8 Å². The van der Waals surface area contributed by atoms with Gasteiger partial charge in [-0.05, 0) is 49.3 Å². The number of nitrogens with one attached hydrogen (secondary N) is 3. The molecule has 2 rings (SSSR count). The van der Waals surface area contributed by atoms with Gasteiger partial charge in [-0.25, -0.2) is 9.18 Å². The second-order valence-electron chi connectivity index (χ2n) is 5.83. The highest BCUT2D eigenvalue weighted by molar-refractivity contribution is 7.99. The molecule has 0 saturated carbocycles. The third-order valence-corrected chi connectivity index (χ3v) is 6.48. The number of anilines is 1. The fourth-order valence-corrected chi connectivity index (χ4v) is 4.67. The first kappa shape index (κ1) is 23.4. The van der Waals surface area contributed by atoms with Gasteiger partial charge < -0.3 is 10.1 Å². The summed E-state index contributed by atoms with van der Waals surface area (Å²) >= 11 is 13.8. The molecule has 0 aliphatic carbocycles. The molecule has 2 aromatic rings. The van der Waals surface area contributed by atoms with Crippen molar-refractivity contribution < 1.29 is 18.7 Å². The van der Waals surface area contributed by atoms with Gasteiger partial charge in [0.1, 0.15) is 10.8 Å². The van der Waals surface area contributed by atoms with Gasteiger partial charge in [0.2, 0.25) is 5.91 Å². The predicted molar refractivity (Wildman–Crippen MR) is 120 cm³/mol. The average Bonchev–Trinajstić information content (AvgIpc) is 2.94. The molecule has 11 heteroatoms. The first-order valence-corrected chi connectivity index (χ1v) is 11.0. The number of thiocarbonyl (C=S) groups is 1. The quantitative estimate of drug-likeness (QED) is 0.328. The molecule has 1 aromatic heterocycles. The Morgan fingerprint density at radius 1 is 1.31 bits per heavy atom. The van der Waals surface area contributed by atoms with E-state index in [4.69, 9.17) is 28.6 Å². The summed E-state index contributed by atoms with van der Waals surface area (Å²) in [5.74, 6) is -0.557. The number of methoxy groups -OCH3 is 1. The van der Waals surface area contributed by atoms with Crippen LogP contribution in [0.25, 0.3) is 0 Å². The van der Waals surface area contributed by atoms with Gasteiger partial charge in [-0.1, -0.05) is 17.7 Å². The number of carbonyl (C=O) groups is 2. The van der Waals surface area contributed by atoms with Crippen LogP contribution in [-0.2, 0) is 15.3 Å². The van der Waals surface area contributed by atoms with Crippen LogP contribution >= 0.6 is 46.9 Å². The Hall–Kier alpha value is -1.88. The molecular formula is C18H19ClFN3O3S3. The molecule has 0 saturated heterocycles. The monoisotopic (exact) mass is 475 g/mol. The molecule has 29 heavy (non-hydrogen) atoms. The second kappa shape index (κ2) is 10.8. The number of esters is 1. The van der Waals surface area contributed by atoms with Crippen molar-refractivity contribution in [2.24, 2.45) is 0 Å². The summed E-state index contributed by atoms with van der Waals surface area (Å²) in [7, 11) is 1.31. The lowest BCUT2D eigenvalue weighted by Gasteiger charge is -2.12. The molecule has 0 spiro atoms. The van der Waals surface area contributed by atoms with E-state index in [1.165, 1.54) is 42.3 Å². The molecule has 6 nitrogen and oxygen atoms in total. The predicted octanol–water partition coefficient (Wildman–Crippen LogP) is 4.20. The highest BCUT2D eigenvalue weighted by atomic mass is 35.5. The summed E-state index contributed by atoms with van der Waals surface area (Å²) in [6.07, 6.45) is 0. The van der Waals surface area contributed by atoms with Crippen LogP contribution in [0.5, 0.6) is 0 Å². The highest BCUT2D eigenvalue weighted by Gasteiger charge is 2.20. The molecule has 0 radical (unpaired) electrons. The summed E-state index contributed by atoms with van der Waals surface area (Å²) in [4.78, 5) is 24.9. The van der Waals surface area contributed by atoms with Gasteiger partial charge in [-0.15, -0.1) is 23.1 Å². The van der Waals surface area contributed by atoms with Crippen molar-refractivity contribution in [2.45, 2.75) is 19.6 Å². The van der Waals surface area contributed by atoms with E-state index in [2.05, 4.69) is 16.2 Å². The Kier molecular flexibility index (Phi) is 8.69. The molecular weight excluding hydrogens is 457 g/mol. The van der Waals surface area contributed by atoms with Crippen molar-refractivity contribution in [3.8, 4) is 0 Å². The van der Waals surface area contributed by atoms with Gasteiger partial charge in [0.15, 0.2) is 5.11 Å². The van der Waals surface area contributed by atoms with E-state index in [1.54, 1.807) is 6.07 Å². The smallest absolute Gasteiger partial charge is 0.341 e. The van der Waals surface area contributed by atoms with Gasteiger partial charge >= 0.3 is 5.97 Å². The maximum atomic E-state index is 13.0. The molecule has 0 atom stereocenters. The number of amides is 1. The van der Waals surface area contributed by atoms with E-state index < -0.39 is 11.8 Å². The number of ether oxygens (including phenoxy) is 1. The van der Waals surface area contributed by atoms with E-state index in [0.29, 0.717) is 21.3 Å². The lowest BCUT2D eigenvalue weighted by Crippen LogP contribution is -2.44. The zero-order valence-corrected chi connectivity index (χ0v) is 19.1. The van der Waals surface area contributed by atoms with Crippen LogP contribution in [0.4, 0.5) is 9.39 Å². The van der Waals surface area contributed by atoms with Crippen LogP contribution in [0.15, 0.2) is 18.2 Å². The molecule has 0 aliphatic rings. The first-order valence-electron chi connectivity index (χ1n) is 8.28. The Bertz CT molecular complexity index is 937. The lowest BCUT2D eigenvalue weighted by atomic mass is 10.1. The summed E-state index contributed by atoms with van der Waals surface area (Å²) in [6.45, 7) is 3.71. The van der Waals surface area contributed by atoms with Gasteiger partial charge in [-0.3, -0.25) is 15.6 Å². The number of hydrazine groups is 1. The molecule has 0 unspecified atom stereocenters. The van der Waals surface area contributed by atoms with Crippen molar-refractivity contribution in [3.05, 3.63) is 50.6 Å². The van der Waals surface area contributed by atoms with E-state index in [0.717, 1.165) is 16.0 Å². The molecule has 1 amide bonds. The highest BCUT2D eigenvalue weighted by Crippen LogP contribution is 2.32. The number of hydrogen-bond acceptors (Lipinski definition) is 6. The summed E-state index contributed by atoms with van der Waals surface area (Å²) in [6, 6.07) is 4.15. The third-order valence-electron chi connectivity index (χ3n) is 3.82. The molecule has 156 valence electrons. The van der Waals surface area contributed by atoms with Gasteiger partial charge in [-0.2, -0.15) is 0 Å². The maximum absolute atomic E-state index is 13.0. The maximum Gasteiger partial charge on any atom is 0.341 e. The van der Waals surface area contributed by atoms with Crippen LogP contribution in [0.3, 0.4) is 0 Å². The average molecular weight is 476 g/mol.